The average molecular weight is 331 g/mol. The van der Waals surface area contributed by atoms with Gasteiger partial charge in [-0.1, -0.05) is 13.0 Å². The summed E-state index contributed by atoms with van der Waals surface area (Å²) in [5, 5.41) is 0.992. The first-order chi connectivity index (χ1) is 11.3. The number of ether oxygens (including phenoxy) is 1. The van der Waals surface area contributed by atoms with Gasteiger partial charge in [0.2, 0.25) is 0 Å². The quantitative estimate of drug-likeness (QED) is 0.817. The Morgan fingerprint density at radius 3 is 3.04 bits per heavy atom. The Bertz CT molecular complexity index is 638. The number of pyridine rings is 1. The lowest BCUT2D eigenvalue weighted by molar-refractivity contribution is 0.0510. The Morgan fingerprint density at radius 1 is 1.48 bits per heavy atom. The summed E-state index contributed by atoms with van der Waals surface area (Å²) in [7, 11) is 0. The summed E-state index contributed by atoms with van der Waals surface area (Å²) in [6.45, 7) is 4.01. The van der Waals surface area contributed by atoms with Crippen molar-refractivity contribution in [2.75, 3.05) is 13.2 Å². The summed E-state index contributed by atoms with van der Waals surface area (Å²) >= 11 is 1.48. The summed E-state index contributed by atoms with van der Waals surface area (Å²) < 4.78 is 5.71. The fourth-order valence-corrected chi connectivity index (χ4v) is 3.52. The lowest BCUT2D eigenvalue weighted by atomic mass is 10.2. The third kappa shape index (κ3) is 4.14. The fraction of sp³-hybridized carbons (Fsp3) is 0.471. The molecule has 0 saturated carbocycles. The number of hydrogen-bond acceptors (Lipinski definition) is 5. The van der Waals surface area contributed by atoms with Crippen LogP contribution in [0.3, 0.4) is 0 Å². The van der Waals surface area contributed by atoms with E-state index in [-0.39, 0.29) is 12.0 Å². The van der Waals surface area contributed by atoms with Gasteiger partial charge in [0, 0.05) is 32.1 Å². The highest BCUT2D eigenvalue weighted by Gasteiger charge is 2.24. The van der Waals surface area contributed by atoms with E-state index in [0.717, 1.165) is 36.4 Å². The molecule has 23 heavy (non-hydrogen) atoms. The number of nitrogens with zero attached hydrogens (tertiary/aromatic N) is 3. The van der Waals surface area contributed by atoms with Crippen molar-refractivity contribution in [3.63, 3.8) is 0 Å². The number of aryl methyl sites for hydroxylation is 1. The van der Waals surface area contributed by atoms with E-state index < -0.39 is 0 Å². The third-order valence-electron chi connectivity index (χ3n) is 3.90. The summed E-state index contributed by atoms with van der Waals surface area (Å²) in [5.41, 5.74) is 1.03. The number of hydrogen-bond donors (Lipinski definition) is 0. The van der Waals surface area contributed by atoms with Gasteiger partial charge >= 0.3 is 0 Å². The van der Waals surface area contributed by atoms with Gasteiger partial charge in [0.1, 0.15) is 4.88 Å². The molecule has 0 aromatic carbocycles. The van der Waals surface area contributed by atoms with Gasteiger partial charge in [-0.15, -0.1) is 11.3 Å². The Hall–Kier alpha value is -1.79. The molecule has 1 saturated heterocycles. The summed E-state index contributed by atoms with van der Waals surface area (Å²) in [6.07, 6.45) is 8.31. The van der Waals surface area contributed by atoms with Gasteiger partial charge in [-0.2, -0.15) is 0 Å². The van der Waals surface area contributed by atoms with Crippen LogP contribution in [0.5, 0.6) is 0 Å². The second-order valence-corrected chi connectivity index (χ2v) is 6.77. The SMILES string of the molecule is CCc1ncc(C(=O)N(Cc2cccnc2)CC2CCCO2)s1. The lowest BCUT2D eigenvalue weighted by Gasteiger charge is -2.25. The van der Waals surface area contributed by atoms with Gasteiger partial charge in [-0.25, -0.2) is 4.98 Å². The van der Waals surface area contributed by atoms with Crippen LogP contribution in [0.4, 0.5) is 0 Å². The van der Waals surface area contributed by atoms with Crippen LogP contribution < -0.4 is 0 Å². The predicted octanol–water partition coefficient (Wildman–Crippen LogP) is 2.92. The molecule has 6 heteroatoms. The highest BCUT2D eigenvalue weighted by Crippen LogP contribution is 2.20. The zero-order chi connectivity index (χ0) is 16.1. The topological polar surface area (TPSA) is 55.3 Å². The van der Waals surface area contributed by atoms with Gasteiger partial charge in [-0.05, 0) is 30.9 Å². The van der Waals surface area contributed by atoms with Crippen LogP contribution in [0.25, 0.3) is 0 Å². The first-order valence-corrected chi connectivity index (χ1v) is 8.82. The fourth-order valence-electron chi connectivity index (χ4n) is 2.69. The Balaban J connectivity index is 1.76. The molecule has 2 aromatic heterocycles. The molecule has 1 amide bonds. The van der Waals surface area contributed by atoms with Crippen LogP contribution in [0, 0.1) is 0 Å². The first kappa shape index (κ1) is 16.1. The zero-order valence-corrected chi connectivity index (χ0v) is 14.1. The Kier molecular flexibility index (Phi) is 5.35. The largest absolute Gasteiger partial charge is 0.376 e. The van der Waals surface area contributed by atoms with Crippen LogP contribution >= 0.6 is 11.3 Å². The molecule has 3 rings (SSSR count). The molecular formula is C17H21N3O2S. The highest BCUT2D eigenvalue weighted by atomic mass is 32.1. The lowest BCUT2D eigenvalue weighted by Crippen LogP contribution is -2.36. The van der Waals surface area contributed by atoms with Crippen molar-refractivity contribution in [3.05, 3.63) is 46.2 Å². The summed E-state index contributed by atoms with van der Waals surface area (Å²) in [4.78, 5) is 23.9. The molecule has 1 atom stereocenters. The van der Waals surface area contributed by atoms with Crippen LogP contribution in [0.1, 0.15) is 40.0 Å². The van der Waals surface area contributed by atoms with Crippen molar-refractivity contribution in [2.45, 2.75) is 38.8 Å². The minimum Gasteiger partial charge on any atom is -0.376 e. The molecule has 0 radical (unpaired) electrons. The molecule has 1 aliphatic rings. The third-order valence-corrected chi connectivity index (χ3v) is 5.03. The predicted molar refractivity (Wildman–Crippen MR) is 89.4 cm³/mol. The Morgan fingerprint density at radius 2 is 2.39 bits per heavy atom. The normalized spacial score (nSPS) is 17.3. The van der Waals surface area contributed by atoms with Crippen LogP contribution in [0.15, 0.2) is 30.7 Å². The second-order valence-electron chi connectivity index (χ2n) is 5.65. The molecule has 0 spiro atoms. The van der Waals surface area contributed by atoms with E-state index in [1.165, 1.54) is 11.3 Å². The van der Waals surface area contributed by atoms with E-state index in [1.807, 2.05) is 24.0 Å². The number of rotatable bonds is 6. The molecule has 1 fully saturated rings. The van der Waals surface area contributed by atoms with Gasteiger partial charge in [0.25, 0.3) is 5.91 Å². The summed E-state index contributed by atoms with van der Waals surface area (Å²) in [6, 6.07) is 3.89. The monoisotopic (exact) mass is 331 g/mol. The van der Waals surface area contributed by atoms with Crippen molar-refractivity contribution < 1.29 is 9.53 Å². The van der Waals surface area contributed by atoms with E-state index in [0.29, 0.717) is 18.0 Å². The molecule has 0 N–H and O–H groups in total. The second kappa shape index (κ2) is 7.66. The van der Waals surface area contributed by atoms with Crippen molar-refractivity contribution in [1.82, 2.24) is 14.9 Å². The molecule has 3 heterocycles. The van der Waals surface area contributed by atoms with Gasteiger partial charge in [0.15, 0.2) is 0 Å². The minimum absolute atomic E-state index is 0.0292. The van der Waals surface area contributed by atoms with Gasteiger partial charge < -0.3 is 9.64 Å². The summed E-state index contributed by atoms with van der Waals surface area (Å²) in [5.74, 6) is 0.0292. The highest BCUT2D eigenvalue weighted by molar-refractivity contribution is 7.13. The Labute approximate surface area is 140 Å². The first-order valence-electron chi connectivity index (χ1n) is 8.00. The minimum atomic E-state index is 0.0292. The number of amides is 1. The zero-order valence-electron chi connectivity index (χ0n) is 13.3. The van der Waals surface area contributed by atoms with Crippen LogP contribution in [-0.2, 0) is 17.7 Å². The molecule has 2 aromatic rings. The standard InChI is InChI=1S/C17H21N3O2S/c1-2-16-19-10-15(23-16)17(21)20(12-14-6-4-8-22-14)11-13-5-3-7-18-9-13/h3,5,7,9-10,14H,2,4,6,8,11-12H2,1H3. The maximum atomic E-state index is 12.9. The van der Waals surface area contributed by atoms with Gasteiger partial charge in [0.05, 0.1) is 17.3 Å². The van der Waals surface area contributed by atoms with Crippen LogP contribution in [0.2, 0.25) is 0 Å². The maximum absolute atomic E-state index is 12.9. The van der Waals surface area contributed by atoms with Crippen LogP contribution in [-0.4, -0.2) is 40.0 Å². The molecule has 0 bridgehead atoms. The van der Waals surface area contributed by atoms with E-state index in [4.69, 9.17) is 4.74 Å². The molecule has 5 nitrogen and oxygen atoms in total. The van der Waals surface area contributed by atoms with Crippen molar-refractivity contribution in [2.24, 2.45) is 0 Å². The maximum Gasteiger partial charge on any atom is 0.265 e. The number of thiazole rings is 1. The molecular weight excluding hydrogens is 310 g/mol. The molecule has 122 valence electrons. The number of carbonyl (C=O) groups is 1. The average Bonchev–Trinajstić information content (AvgIpc) is 3.26. The molecule has 1 aliphatic heterocycles. The number of aromatic nitrogens is 2. The molecule has 1 unspecified atom stereocenters. The van der Waals surface area contributed by atoms with Crippen molar-refractivity contribution in [3.8, 4) is 0 Å². The van der Waals surface area contributed by atoms with E-state index in [2.05, 4.69) is 9.97 Å². The van der Waals surface area contributed by atoms with E-state index >= 15 is 0 Å². The van der Waals surface area contributed by atoms with Crippen molar-refractivity contribution >= 4 is 17.2 Å². The molecule has 0 aliphatic carbocycles. The smallest absolute Gasteiger partial charge is 0.265 e. The van der Waals surface area contributed by atoms with E-state index in [1.54, 1.807) is 18.6 Å². The number of carbonyl (C=O) groups excluding carboxylic acids is 1. The van der Waals surface area contributed by atoms with E-state index in [9.17, 15) is 4.79 Å². The van der Waals surface area contributed by atoms with Gasteiger partial charge in [-0.3, -0.25) is 9.78 Å². The van der Waals surface area contributed by atoms with Crippen molar-refractivity contribution in [1.29, 1.82) is 0 Å².